The van der Waals surface area contributed by atoms with Gasteiger partial charge in [-0.15, -0.1) is 0 Å². The topological polar surface area (TPSA) is 32.3 Å². The Kier molecular flexibility index (Phi) is 3.81. The third-order valence-electron chi connectivity index (χ3n) is 4.30. The molecule has 2 atom stereocenters. The van der Waals surface area contributed by atoms with Crippen molar-refractivity contribution < 1.29 is 5.11 Å². The second kappa shape index (κ2) is 5.58. The number of fused-ring (bicyclic) bond motifs is 1. The Morgan fingerprint density at radius 2 is 2.15 bits per heavy atom. The molecule has 0 saturated carbocycles. The van der Waals surface area contributed by atoms with Gasteiger partial charge in [0.2, 0.25) is 0 Å². The van der Waals surface area contributed by atoms with Gasteiger partial charge in [-0.1, -0.05) is 13.0 Å². The van der Waals surface area contributed by atoms with Crippen LogP contribution >= 0.6 is 11.3 Å². The zero-order valence-corrected chi connectivity index (χ0v) is 12.8. The minimum absolute atomic E-state index is 0.290. The summed E-state index contributed by atoms with van der Waals surface area (Å²) < 4.78 is 0. The van der Waals surface area contributed by atoms with E-state index in [9.17, 15) is 5.11 Å². The zero-order valence-electron chi connectivity index (χ0n) is 12.0. The van der Waals surface area contributed by atoms with E-state index in [4.69, 9.17) is 0 Å². The molecule has 106 valence electrons. The molecule has 0 amide bonds. The molecule has 0 radical (unpaired) electrons. The molecule has 20 heavy (non-hydrogen) atoms. The minimum Gasteiger partial charge on any atom is -0.508 e. The first-order chi connectivity index (χ1) is 9.66. The van der Waals surface area contributed by atoms with Gasteiger partial charge in [0, 0.05) is 11.6 Å². The van der Waals surface area contributed by atoms with Crippen LogP contribution in [-0.2, 0) is 6.42 Å². The molecule has 2 N–H and O–H groups in total. The molecule has 1 aromatic heterocycles. The zero-order chi connectivity index (χ0) is 14.1. The molecule has 1 aliphatic rings. The number of phenolic OH excluding ortho intramolecular Hbond substituents is 1. The third-order valence-corrected chi connectivity index (χ3v) is 5.03. The molecule has 3 heteroatoms. The highest BCUT2D eigenvalue weighted by Crippen LogP contribution is 2.45. The maximum atomic E-state index is 10.2. The van der Waals surface area contributed by atoms with Gasteiger partial charge in [-0.05, 0) is 71.8 Å². The van der Waals surface area contributed by atoms with E-state index in [0.29, 0.717) is 17.7 Å². The van der Waals surface area contributed by atoms with Gasteiger partial charge < -0.3 is 10.4 Å². The van der Waals surface area contributed by atoms with E-state index >= 15 is 0 Å². The van der Waals surface area contributed by atoms with Gasteiger partial charge in [0.15, 0.2) is 0 Å². The van der Waals surface area contributed by atoms with Gasteiger partial charge in [-0.25, -0.2) is 0 Å². The first-order valence-electron chi connectivity index (χ1n) is 7.23. The number of phenols is 1. The van der Waals surface area contributed by atoms with Crippen LogP contribution in [-0.4, -0.2) is 11.7 Å². The Bertz CT molecular complexity index is 591. The van der Waals surface area contributed by atoms with Gasteiger partial charge in [-0.2, -0.15) is 11.3 Å². The van der Waals surface area contributed by atoms with E-state index in [-0.39, 0.29) is 0 Å². The smallest absolute Gasteiger partial charge is 0.120 e. The Hall–Kier alpha value is -1.32. The first kappa shape index (κ1) is 13.7. The molecule has 0 spiro atoms. The van der Waals surface area contributed by atoms with E-state index in [1.807, 2.05) is 12.1 Å². The molecule has 0 fully saturated rings. The van der Waals surface area contributed by atoms with Crippen molar-refractivity contribution in [2.45, 2.75) is 38.6 Å². The van der Waals surface area contributed by atoms with Gasteiger partial charge in [0.05, 0.1) is 0 Å². The van der Waals surface area contributed by atoms with E-state index in [1.54, 1.807) is 11.3 Å². The molecule has 2 aromatic rings. The fourth-order valence-electron chi connectivity index (χ4n) is 3.35. The van der Waals surface area contributed by atoms with Crippen LogP contribution in [0.4, 0.5) is 0 Å². The molecule has 0 bridgehead atoms. The van der Waals surface area contributed by atoms with Crippen LogP contribution in [0.1, 0.15) is 47.6 Å². The van der Waals surface area contributed by atoms with Crippen molar-refractivity contribution in [2.24, 2.45) is 0 Å². The van der Waals surface area contributed by atoms with Gasteiger partial charge >= 0.3 is 0 Å². The Morgan fingerprint density at radius 1 is 1.30 bits per heavy atom. The summed E-state index contributed by atoms with van der Waals surface area (Å²) in [4.78, 5) is 0. The van der Waals surface area contributed by atoms with Crippen LogP contribution in [0.3, 0.4) is 0 Å². The highest BCUT2D eigenvalue weighted by molar-refractivity contribution is 7.07. The molecule has 0 aliphatic heterocycles. The van der Waals surface area contributed by atoms with E-state index in [0.717, 1.165) is 24.9 Å². The number of nitrogens with one attached hydrogen (secondary N) is 1. The highest BCUT2D eigenvalue weighted by atomic mass is 32.1. The molecule has 2 unspecified atom stereocenters. The lowest BCUT2D eigenvalue weighted by atomic mass is 9.97. The number of aromatic hydroxyl groups is 1. The number of aryl methyl sites for hydroxylation is 1. The Labute approximate surface area is 124 Å². The SMILES string of the molecule is Cc1ccc(O)c2c1C(C)CC2NCCc1ccsc1. The highest BCUT2D eigenvalue weighted by Gasteiger charge is 2.31. The second-order valence-corrected chi connectivity index (χ2v) is 6.53. The predicted octanol–water partition coefficient (Wildman–Crippen LogP) is 4.14. The number of hydrogen-bond acceptors (Lipinski definition) is 3. The van der Waals surface area contributed by atoms with Crippen LogP contribution in [0, 0.1) is 6.92 Å². The third kappa shape index (κ3) is 2.48. The minimum atomic E-state index is 0.290. The number of rotatable bonds is 4. The predicted molar refractivity (Wildman–Crippen MR) is 84.6 cm³/mol. The first-order valence-corrected chi connectivity index (χ1v) is 8.18. The summed E-state index contributed by atoms with van der Waals surface area (Å²) in [5, 5.41) is 18.1. The molecule has 3 rings (SSSR count). The van der Waals surface area contributed by atoms with Crippen molar-refractivity contribution in [3.63, 3.8) is 0 Å². The van der Waals surface area contributed by atoms with Gasteiger partial charge in [0.1, 0.15) is 5.75 Å². The average molecular weight is 287 g/mol. The van der Waals surface area contributed by atoms with Crippen LogP contribution in [0.2, 0.25) is 0 Å². The van der Waals surface area contributed by atoms with Crippen molar-refractivity contribution >= 4 is 11.3 Å². The van der Waals surface area contributed by atoms with Gasteiger partial charge in [0.25, 0.3) is 0 Å². The average Bonchev–Trinajstić information content (AvgIpc) is 3.03. The summed E-state index contributed by atoms with van der Waals surface area (Å²) in [6.45, 7) is 5.36. The molecule has 2 nitrogen and oxygen atoms in total. The maximum absolute atomic E-state index is 10.2. The van der Waals surface area contributed by atoms with E-state index in [1.165, 1.54) is 16.7 Å². The fourth-order valence-corrected chi connectivity index (χ4v) is 4.06. The summed E-state index contributed by atoms with van der Waals surface area (Å²) in [5.74, 6) is 0.971. The summed E-state index contributed by atoms with van der Waals surface area (Å²) in [6, 6.07) is 6.33. The summed E-state index contributed by atoms with van der Waals surface area (Å²) >= 11 is 1.75. The number of thiophene rings is 1. The van der Waals surface area contributed by atoms with Crippen LogP contribution < -0.4 is 5.32 Å². The summed E-state index contributed by atoms with van der Waals surface area (Å²) in [7, 11) is 0. The lowest BCUT2D eigenvalue weighted by Crippen LogP contribution is -2.22. The van der Waals surface area contributed by atoms with E-state index in [2.05, 4.69) is 36.0 Å². The largest absolute Gasteiger partial charge is 0.508 e. The van der Waals surface area contributed by atoms with Crippen molar-refractivity contribution in [1.29, 1.82) is 0 Å². The van der Waals surface area contributed by atoms with Crippen molar-refractivity contribution in [2.75, 3.05) is 6.54 Å². The van der Waals surface area contributed by atoms with Crippen molar-refractivity contribution in [3.05, 3.63) is 51.2 Å². The molecule has 0 saturated heterocycles. The Balaban J connectivity index is 1.73. The van der Waals surface area contributed by atoms with E-state index < -0.39 is 0 Å². The molecule has 1 aliphatic carbocycles. The standard InChI is InChI=1S/C17H21NOS/c1-11-3-4-15(19)17-14(9-12(2)16(11)17)18-7-5-13-6-8-20-10-13/h3-4,6,8,10,12,14,18-19H,5,7,9H2,1-2H3. The lowest BCUT2D eigenvalue weighted by Gasteiger charge is -2.15. The number of hydrogen-bond donors (Lipinski definition) is 2. The van der Waals surface area contributed by atoms with Crippen molar-refractivity contribution in [3.8, 4) is 5.75 Å². The lowest BCUT2D eigenvalue weighted by molar-refractivity contribution is 0.446. The van der Waals surface area contributed by atoms with Crippen molar-refractivity contribution in [1.82, 2.24) is 5.32 Å². The van der Waals surface area contributed by atoms with Crippen LogP contribution in [0.25, 0.3) is 0 Å². The normalized spacial score (nSPS) is 21.1. The second-order valence-electron chi connectivity index (χ2n) is 5.75. The van der Waals surface area contributed by atoms with Gasteiger partial charge in [-0.3, -0.25) is 0 Å². The maximum Gasteiger partial charge on any atom is 0.120 e. The molecule has 1 aromatic carbocycles. The van der Waals surface area contributed by atoms with Crippen LogP contribution in [0.15, 0.2) is 29.0 Å². The van der Waals surface area contributed by atoms with Crippen LogP contribution in [0.5, 0.6) is 5.75 Å². The quantitative estimate of drug-likeness (QED) is 0.885. The fraction of sp³-hybridized carbons (Fsp3) is 0.412. The summed E-state index contributed by atoms with van der Waals surface area (Å²) in [5.41, 5.74) is 5.16. The molecular formula is C17H21NOS. The number of benzene rings is 1. The molecular weight excluding hydrogens is 266 g/mol. The molecule has 1 heterocycles. The Morgan fingerprint density at radius 3 is 2.90 bits per heavy atom. The summed E-state index contributed by atoms with van der Waals surface area (Å²) in [6.07, 6.45) is 2.13. The monoisotopic (exact) mass is 287 g/mol.